The molecule has 0 fully saturated rings. The van der Waals surface area contributed by atoms with E-state index in [1.165, 1.54) is 77.0 Å². The largest absolute Gasteiger partial charge is 0.402 e. The van der Waals surface area contributed by atoms with Crippen LogP contribution >= 0.6 is 0 Å². The first kappa shape index (κ1) is 51.9. The Kier molecular flexibility index (Phi) is 76.3. The molecule has 3 heteroatoms. The second-order valence-corrected chi connectivity index (χ2v) is 6.71. The zero-order chi connectivity index (χ0) is 16.5. The molecule has 0 unspecified atom stereocenters. The molecule has 0 aromatic heterocycles. The van der Waals surface area contributed by atoms with Crippen LogP contribution in [0.2, 0.25) is 0 Å². The molecule has 183 valence electrons. The molecule has 0 aliphatic heterocycles. The SMILES string of the molecule is C.C.C.C.C.C.CCCCCCCC([C-]=NN(C)CCC)CCCCCCC.[Y]. The molecule has 2 nitrogen and oxygen atoms in total. The average molecular weight is 495 g/mol. The Labute approximate surface area is 216 Å². The van der Waals surface area contributed by atoms with Crippen LogP contribution in [-0.4, -0.2) is 24.8 Å². The molecule has 0 saturated carbocycles. The molecule has 0 N–H and O–H groups in total. The van der Waals surface area contributed by atoms with E-state index in [-0.39, 0.29) is 77.3 Å². The van der Waals surface area contributed by atoms with Crippen molar-refractivity contribution in [2.75, 3.05) is 13.6 Å². The van der Waals surface area contributed by atoms with Gasteiger partial charge in [-0.1, -0.05) is 142 Å². The summed E-state index contributed by atoms with van der Waals surface area (Å²) in [5.41, 5.74) is 0. The van der Waals surface area contributed by atoms with Gasteiger partial charge in [-0.3, -0.25) is 0 Å². The molecular formula is C26H65N2Y-. The molecule has 0 bridgehead atoms. The molecule has 0 atom stereocenters. The molecule has 0 aromatic rings. The Hall–Kier alpha value is 0.574. The molecular weight excluding hydrogens is 429 g/mol. The Morgan fingerprint density at radius 1 is 0.621 bits per heavy atom. The Morgan fingerprint density at radius 2 is 1.00 bits per heavy atom. The second-order valence-electron chi connectivity index (χ2n) is 6.71. The van der Waals surface area contributed by atoms with Gasteiger partial charge in [0, 0.05) is 46.3 Å². The normalized spacial score (nSPS) is 8.86. The summed E-state index contributed by atoms with van der Waals surface area (Å²) in [6.45, 7) is 7.80. The van der Waals surface area contributed by atoms with Gasteiger partial charge in [-0.15, -0.1) is 0 Å². The summed E-state index contributed by atoms with van der Waals surface area (Å²) < 4.78 is 0. The van der Waals surface area contributed by atoms with Crippen LogP contribution in [0.5, 0.6) is 0 Å². The van der Waals surface area contributed by atoms with Gasteiger partial charge in [0.15, 0.2) is 0 Å². The van der Waals surface area contributed by atoms with Crippen molar-refractivity contribution in [2.45, 2.75) is 149 Å². The van der Waals surface area contributed by atoms with Gasteiger partial charge in [0.25, 0.3) is 0 Å². The van der Waals surface area contributed by atoms with Crippen LogP contribution in [0.3, 0.4) is 0 Å². The average Bonchev–Trinajstić information content (AvgIpc) is 2.51. The predicted octanol–water partition coefficient (Wildman–Crippen LogP) is 10.3. The summed E-state index contributed by atoms with van der Waals surface area (Å²) in [6.07, 6.45) is 20.8. The fourth-order valence-corrected chi connectivity index (χ4v) is 2.82. The van der Waals surface area contributed by atoms with Gasteiger partial charge in [-0.25, -0.2) is 0 Å². The Bertz CT molecular complexity index is 231. The predicted molar refractivity (Wildman–Crippen MR) is 141 cm³/mol. The topological polar surface area (TPSA) is 15.6 Å². The molecule has 0 heterocycles. The molecule has 0 amide bonds. The minimum absolute atomic E-state index is 0. The van der Waals surface area contributed by atoms with Gasteiger partial charge in [0.1, 0.15) is 0 Å². The zero-order valence-electron chi connectivity index (χ0n) is 16.4. The van der Waals surface area contributed by atoms with Crippen LogP contribution in [0.1, 0.15) is 149 Å². The second kappa shape index (κ2) is 42.6. The van der Waals surface area contributed by atoms with Gasteiger partial charge >= 0.3 is 0 Å². The number of unbranched alkanes of at least 4 members (excludes halogenated alkanes) is 8. The molecule has 1 radical (unpaired) electrons. The van der Waals surface area contributed by atoms with Crippen molar-refractivity contribution in [1.82, 2.24) is 5.01 Å². The summed E-state index contributed by atoms with van der Waals surface area (Å²) in [6, 6.07) is 0. The van der Waals surface area contributed by atoms with E-state index in [1.54, 1.807) is 0 Å². The van der Waals surface area contributed by atoms with Crippen molar-refractivity contribution in [3.63, 3.8) is 0 Å². The summed E-state index contributed by atoms with van der Waals surface area (Å²) in [7, 11) is 2.07. The van der Waals surface area contributed by atoms with Crippen LogP contribution in [-0.2, 0) is 32.7 Å². The van der Waals surface area contributed by atoms with Crippen LogP contribution in [0.25, 0.3) is 0 Å². The Balaban J connectivity index is -0.000000105. The fraction of sp³-hybridized carbons (Fsp3) is 0.962. The Morgan fingerprint density at radius 3 is 1.34 bits per heavy atom. The van der Waals surface area contributed by atoms with E-state index in [4.69, 9.17) is 0 Å². The molecule has 0 aromatic carbocycles. The van der Waals surface area contributed by atoms with E-state index in [1.807, 2.05) is 5.01 Å². The van der Waals surface area contributed by atoms with Gasteiger partial charge in [-0.05, 0) is 6.42 Å². The summed E-state index contributed by atoms with van der Waals surface area (Å²) in [4.78, 5) is 0. The van der Waals surface area contributed by atoms with Crippen LogP contribution in [0.4, 0.5) is 0 Å². The van der Waals surface area contributed by atoms with Crippen LogP contribution in [0, 0.1) is 5.92 Å². The van der Waals surface area contributed by atoms with Crippen LogP contribution in [0.15, 0.2) is 5.10 Å². The molecule has 0 rings (SSSR count). The van der Waals surface area contributed by atoms with Crippen LogP contribution < -0.4 is 0 Å². The molecule has 0 aliphatic carbocycles. The third-order valence-electron chi connectivity index (χ3n) is 4.27. The maximum Gasteiger partial charge on any atom is 0.0322 e. The van der Waals surface area contributed by atoms with E-state index in [0.717, 1.165) is 13.0 Å². The quantitative estimate of drug-likeness (QED) is 0.0901. The minimum Gasteiger partial charge on any atom is -0.402 e. The smallest absolute Gasteiger partial charge is 0.0322 e. The van der Waals surface area contributed by atoms with E-state index in [2.05, 4.69) is 39.1 Å². The monoisotopic (exact) mass is 494 g/mol. The van der Waals surface area contributed by atoms with Gasteiger partial charge in [0.05, 0.1) is 0 Å². The third kappa shape index (κ3) is 39.6. The first-order valence-electron chi connectivity index (χ1n) is 9.91. The first-order valence-corrected chi connectivity index (χ1v) is 9.91. The van der Waals surface area contributed by atoms with Crippen molar-refractivity contribution >= 4 is 6.21 Å². The number of hydrogen-bond acceptors (Lipinski definition) is 2. The zero-order valence-corrected chi connectivity index (χ0v) is 19.3. The first-order chi connectivity index (χ1) is 10.7. The molecule has 29 heavy (non-hydrogen) atoms. The summed E-state index contributed by atoms with van der Waals surface area (Å²) in [5.74, 6) is 0.572. The van der Waals surface area contributed by atoms with E-state index in [9.17, 15) is 0 Å². The van der Waals surface area contributed by atoms with Crippen molar-refractivity contribution in [2.24, 2.45) is 11.0 Å². The third-order valence-corrected chi connectivity index (χ3v) is 4.27. The van der Waals surface area contributed by atoms with E-state index in [0.29, 0.717) is 5.92 Å². The standard InChI is InChI=1S/C20H41N2.6CH4.Y/c1-5-8-10-12-14-16-20(17-15-13-11-9-6-2)19-21-22(4)18-7-3;;;;;;;/h20H,5-18H2,1-4H3;6*1H4;/q-1;;;;;;;. The summed E-state index contributed by atoms with van der Waals surface area (Å²) in [5, 5.41) is 6.57. The van der Waals surface area contributed by atoms with Crippen molar-refractivity contribution in [3.8, 4) is 0 Å². The number of rotatable bonds is 16. The fourth-order valence-electron chi connectivity index (χ4n) is 2.82. The number of hydrazone groups is 1. The maximum absolute atomic E-state index is 4.53. The molecule has 0 saturated heterocycles. The maximum atomic E-state index is 4.53. The van der Waals surface area contributed by atoms with Crippen molar-refractivity contribution < 1.29 is 32.7 Å². The summed E-state index contributed by atoms with van der Waals surface area (Å²) >= 11 is 0. The van der Waals surface area contributed by atoms with Crippen molar-refractivity contribution in [3.05, 3.63) is 0 Å². The van der Waals surface area contributed by atoms with Gasteiger partial charge < -0.3 is 16.3 Å². The number of nitrogens with zero attached hydrogens (tertiary/aromatic N) is 2. The molecule has 0 spiro atoms. The van der Waals surface area contributed by atoms with Gasteiger partial charge in [-0.2, -0.15) is 5.92 Å². The van der Waals surface area contributed by atoms with Crippen molar-refractivity contribution in [1.29, 1.82) is 0 Å². The number of hydrogen-bond donors (Lipinski definition) is 0. The minimum atomic E-state index is 0. The van der Waals surface area contributed by atoms with E-state index < -0.39 is 0 Å². The van der Waals surface area contributed by atoms with Gasteiger partial charge in [0.2, 0.25) is 0 Å². The molecule has 0 aliphatic rings. The van der Waals surface area contributed by atoms with E-state index >= 15 is 0 Å².